The number of aliphatic hydroxyl groups is 8. The normalized spacial score (nSPS) is 51.3. The highest BCUT2D eigenvalue weighted by Gasteiger charge is 2.61. The number of hydrogen-bond donors (Lipinski definition) is 9. The van der Waals surface area contributed by atoms with E-state index in [1.165, 1.54) is 0 Å². The topological polar surface area (TPSA) is 227 Å². The van der Waals surface area contributed by atoms with Crippen molar-refractivity contribution in [2.24, 2.45) is 0 Å². The Kier molecular flexibility index (Phi) is 5.97. The second kappa shape index (κ2) is 7.34. The molecule has 0 spiro atoms. The Balaban J connectivity index is 2.31. The molecule has 2 heterocycles. The highest BCUT2D eigenvalue weighted by atomic mass is 16.8. The van der Waals surface area contributed by atoms with Crippen molar-refractivity contribution in [2.45, 2.75) is 61.1 Å². The first-order valence-electron chi connectivity index (χ1n) is 7.16. The molecule has 0 aromatic carbocycles. The third kappa shape index (κ3) is 3.36. The molecule has 13 nitrogen and oxygen atoms in total. The van der Waals surface area contributed by atoms with E-state index < -0.39 is 73.7 Å². The second-order valence-electron chi connectivity index (χ2n) is 5.77. The van der Waals surface area contributed by atoms with Crippen LogP contribution in [0.4, 0.5) is 0 Å². The van der Waals surface area contributed by atoms with Gasteiger partial charge >= 0.3 is 5.97 Å². The molecule has 0 aromatic rings. The molecule has 0 aromatic heterocycles. The van der Waals surface area contributed by atoms with Crippen molar-refractivity contribution in [1.82, 2.24) is 0 Å². The van der Waals surface area contributed by atoms with E-state index in [1.54, 1.807) is 0 Å². The van der Waals surface area contributed by atoms with Gasteiger partial charge in [0.2, 0.25) is 5.60 Å². The number of carboxylic acid groups (broad SMARTS) is 1. The number of aliphatic hydroxyl groups excluding tert-OH is 8. The molecular weight excluding hydrogens is 352 g/mol. The monoisotopic (exact) mass is 372 g/mol. The molecule has 25 heavy (non-hydrogen) atoms. The van der Waals surface area contributed by atoms with E-state index in [0.717, 1.165) is 0 Å². The first kappa shape index (κ1) is 20.3. The lowest BCUT2D eigenvalue weighted by atomic mass is 9.86. The van der Waals surface area contributed by atoms with E-state index in [1.807, 2.05) is 0 Å². The number of hydrogen-bond acceptors (Lipinski definition) is 12. The predicted octanol–water partition coefficient (Wildman–Crippen LogP) is -5.98. The van der Waals surface area contributed by atoms with Gasteiger partial charge in [0, 0.05) is 0 Å². The van der Waals surface area contributed by atoms with Gasteiger partial charge in [0.1, 0.15) is 36.6 Å². The largest absolute Gasteiger partial charge is 0.479 e. The molecule has 0 aliphatic carbocycles. The molecule has 0 saturated carbocycles. The highest BCUT2D eigenvalue weighted by molar-refractivity contribution is 5.79. The summed E-state index contributed by atoms with van der Waals surface area (Å²) in [6.45, 7) is -1.32. The fraction of sp³-hybridized carbons (Fsp3) is 0.917. The zero-order chi connectivity index (χ0) is 19.1. The molecule has 0 bridgehead atoms. The van der Waals surface area contributed by atoms with E-state index in [-0.39, 0.29) is 0 Å². The van der Waals surface area contributed by atoms with Crippen LogP contribution in [-0.4, -0.2) is 120 Å². The summed E-state index contributed by atoms with van der Waals surface area (Å²) >= 11 is 0. The van der Waals surface area contributed by atoms with E-state index in [4.69, 9.17) is 14.2 Å². The van der Waals surface area contributed by atoms with Crippen LogP contribution in [0.15, 0.2) is 0 Å². The maximum atomic E-state index is 11.5. The van der Waals surface area contributed by atoms with E-state index in [0.29, 0.717) is 0 Å². The Morgan fingerprint density at radius 1 is 0.880 bits per heavy atom. The quantitative estimate of drug-likeness (QED) is 0.224. The van der Waals surface area contributed by atoms with Gasteiger partial charge in [0.15, 0.2) is 18.9 Å². The van der Waals surface area contributed by atoms with Gasteiger partial charge in [-0.3, -0.25) is 0 Å². The van der Waals surface area contributed by atoms with Crippen LogP contribution in [0.2, 0.25) is 0 Å². The maximum absolute atomic E-state index is 11.5. The van der Waals surface area contributed by atoms with Crippen LogP contribution in [0.1, 0.15) is 0 Å². The fourth-order valence-electron chi connectivity index (χ4n) is 2.62. The zero-order valence-corrected chi connectivity index (χ0v) is 12.6. The first-order valence-corrected chi connectivity index (χ1v) is 7.16. The first-order chi connectivity index (χ1) is 11.6. The number of carbonyl (C=O) groups is 1. The van der Waals surface area contributed by atoms with Gasteiger partial charge in [-0.25, -0.2) is 4.79 Å². The minimum Gasteiger partial charge on any atom is -0.479 e. The molecule has 9 N–H and O–H groups in total. The summed E-state index contributed by atoms with van der Waals surface area (Å²) in [5, 5.41) is 86.2. The molecule has 2 aliphatic heterocycles. The van der Waals surface area contributed by atoms with E-state index >= 15 is 0 Å². The summed E-state index contributed by atoms with van der Waals surface area (Å²) < 4.78 is 14.4. The lowest BCUT2D eigenvalue weighted by Gasteiger charge is -2.48. The van der Waals surface area contributed by atoms with Crippen LogP contribution in [0, 0.1) is 0 Å². The Morgan fingerprint density at radius 3 is 1.96 bits per heavy atom. The molecule has 2 fully saturated rings. The lowest BCUT2D eigenvalue weighted by Crippen LogP contribution is -2.71. The number of rotatable bonds is 4. The molecule has 0 unspecified atom stereocenters. The van der Waals surface area contributed by atoms with Gasteiger partial charge in [-0.1, -0.05) is 0 Å². The number of ether oxygens (including phenoxy) is 3. The summed E-state index contributed by atoms with van der Waals surface area (Å²) in [5.74, 6) is -1.88. The lowest BCUT2D eigenvalue weighted by molar-refractivity contribution is -0.387. The molecule has 13 heteroatoms. The van der Waals surface area contributed by atoms with Gasteiger partial charge in [0.05, 0.1) is 6.61 Å². The Bertz CT molecular complexity index is 488. The molecule has 0 radical (unpaired) electrons. The van der Waals surface area contributed by atoms with Crippen molar-refractivity contribution in [3.8, 4) is 0 Å². The molecule has 0 amide bonds. The van der Waals surface area contributed by atoms with Gasteiger partial charge < -0.3 is 60.2 Å². The highest BCUT2D eigenvalue weighted by Crippen LogP contribution is 2.34. The summed E-state index contributed by atoms with van der Waals surface area (Å²) in [5.41, 5.74) is -2.76. The van der Waals surface area contributed by atoms with Crippen LogP contribution in [0.25, 0.3) is 0 Å². The minimum absolute atomic E-state index is 1.32. The fourth-order valence-corrected chi connectivity index (χ4v) is 2.62. The van der Waals surface area contributed by atoms with Crippen LogP contribution >= 0.6 is 0 Å². The number of aliphatic carboxylic acids is 1. The molecule has 10 atom stereocenters. The maximum Gasteiger partial charge on any atom is 0.341 e. The van der Waals surface area contributed by atoms with Crippen LogP contribution in [0.5, 0.6) is 0 Å². The Labute approximate surface area is 139 Å². The zero-order valence-electron chi connectivity index (χ0n) is 12.6. The van der Waals surface area contributed by atoms with Gasteiger partial charge in [0.25, 0.3) is 0 Å². The van der Waals surface area contributed by atoms with Gasteiger partial charge in [-0.2, -0.15) is 0 Å². The van der Waals surface area contributed by atoms with Crippen molar-refractivity contribution >= 4 is 5.97 Å². The standard InChI is InChI=1S/C12H20O13/c13-1-12(11(21)22)7(3(15)5(17)9(20)25-12)23-10-6(18)2(14)4(16)8(19)24-10/h2-10,13-20H,1H2,(H,21,22)/t2-,3-,4-,5+,6+,7-,8-,9+,10+,12+/m0/s1. The smallest absolute Gasteiger partial charge is 0.341 e. The summed E-state index contributed by atoms with van der Waals surface area (Å²) in [6, 6.07) is 0. The van der Waals surface area contributed by atoms with Gasteiger partial charge in [-0.05, 0) is 0 Å². The molecular formula is C12H20O13. The molecule has 2 aliphatic rings. The number of carboxylic acids is 1. The van der Waals surface area contributed by atoms with Gasteiger partial charge in [-0.15, -0.1) is 0 Å². The van der Waals surface area contributed by atoms with Crippen molar-refractivity contribution in [2.75, 3.05) is 6.61 Å². The second-order valence-corrected chi connectivity index (χ2v) is 5.77. The minimum atomic E-state index is -2.76. The Hall–Kier alpha value is -0.970. The van der Waals surface area contributed by atoms with Crippen molar-refractivity contribution in [1.29, 1.82) is 0 Å². The third-order valence-electron chi connectivity index (χ3n) is 4.16. The van der Waals surface area contributed by atoms with Crippen LogP contribution in [0.3, 0.4) is 0 Å². The average molecular weight is 372 g/mol. The summed E-state index contributed by atoms with van der Waals surface area (Å²) in [7, 11) is 0. The SMILES string of the molecule is O=C(O)[C@]1(CO)O[C@@H](O)[C@H](O)[C@H](O)[C@@H]1O[C@@H]1O[C@H](O)[C@@H](O)[C@H](O)[C@H]1O. The average Bonchev–Trinajstić information content (AvgIpc) is 2.57. The van der Waals surface area contributed by atoms with Crippen LogP contribution < -0.4 is 0 Å². The van der Waals surface area contributed by atoms with E-state index in [9.17, 15) is 50.8 Å². The van der Waals surface area contributed by atoms with E-state index in [2.05, 4.69) is 0 Å². The molecule has 146 valence electrons. The van der Waals surface area contributed by atoms with Crippen molar-refractivity contribution < 1.29 is 65.0 Å². The third-order valence-corrected chi connectivity index (χ3v) is 4.16. The Morgan fingerprint density at radius 2 is 1.44 bits per heavy atom. The predicted molar refractivity (Wildman–Crippen MR) is 70.3 cm³/mol. The van der Waals surface area contributed by atoms with Crippen molar-refractivity contribution in [3.63, 3.8) is 0 Å². The molecule has 2 saturated heterocycles. The summed E-state index contributed by atoms with van der Waals surface area (Å²) in [4.78, 5) is 11.5. The molecule has 2 rings (SSSR count). The van der Waals surface area contributed by atoms with Crippen LogP contribution in [-0.2, 0) is 19.0 Å². The van der Waals surface area contributed by atoms with Crippen molar-refractivity contribution in [3.05, 3.63) is 0 Å². The summed E-state index contributed by atoms with van der Waals surface area (Å²) in [6.07, 6.45) is -18.2.